The Balaban J connectivity index is 1.76. The third kappa shape index (κ3) is 4.28. The van der Waals surface area contributed by atoms with Crippen LogP contribution in [0.2, 0.25) is 0 Å². The van der Waals surface area contributed by atoms with E-state index in [0.717, 1.165) is 25.6 Å². The maximum absolute atomic E-state index is 11.7. The zero-order valence-corrected chi connectivity index (χ0v) is 10.8. The smallest absolute Gasteiger partial charge is 0.235 e. The van der Waals surface area contributed by atoms with E-state index in [1.807, 2.05) is 6.07 Å². The van der Waals surface area contributed by atoms with Crippen LogP contribution in [0, 0.1) is 17.2 Å². The van der Waals surface area contributed by atoms with Gasteiger partial charge < -0.3 is 10.6 Å². The van der Waals surface area contributed by atoms with Gasteiger partial charge in [-0.1, -0.05) is 0 Å². The summed E-state index contributed by atoms with van der Waals surface area (Å²) in [6.45, 7) is 3.81. The van der Waals surface area contributed by atoms with Crippen molar-refractivity contribution in [2.75, 3.05) is 32.7 Å². The monoisotopic (exact) mass is 250 g/mol. The Morgan fingerprint density at radius 1 is 1.33 bits per heavy atom. The van der Waals surface area contributed by atoms with Gasteiger partial charge in [-0.25, -0.2) is 0 Å². The van der Waals surface area contributed by atoms with Crippen molar-refractivity contribution in [2.24, 2.45) is 5.92 Å². The molecule has 1 amide bonds. The Morgan fingerprint density at radius 3 is 2.67 bits per heavy atom. The number of nitrogens with one attached hydrogen (secondary N) is 2. The maximum Gasteiger partial charge on any atom is 0.235 e. The van der Waals surface area contributed by atoms with Crippen LogP contribution in [0.3, 0.4) is 0 Å². The molecule has 0 bridgehead atoms. The average molecular weight is 250 g/mol. The Bertz CT molecular complexity index is 315. The minimum Gasteiger partial charge on any atom is -0.342 e. The van der Waals surface area contributed by atoms with Crippen molar-refractivity contribution in [2.45, 2.75) is 31.7 Å². The molecular weight excluding hydrogens is 228 g/mol. The third-order valence-electron chi connectivity index (χ3n) is 3.73. The van der Waals surface area contributed by atoms with E-state index in [1.54, 1.807) is 0 Å². The van der Waals surface area contributed by atoms with Gasteiger partial charge in [0, 0.05) is 12.6 Å². The second-order valence-electron chi connectivity index (χ2n) is 5.29. The van der Waals surface area contributed by atoms with Crippen molar-refractivity contribution in [1.82, 2.24) is 15.5 Å². The number of carbonyl (C=O) groups is 1. The summed E-state index contributed by atoms with van der Waals surface area (Å²) in [5.41, 5.74) is 0. The van der Waals surface area contributed by atoms with Crippen LogP contribution in [0.1, 0.15) is 25.7 Å². The average Bonchev–Trinajstić information content (AvgIpc) is 3.21. The predicted molar refractivity (Wildman–Crippen MR) is 68.8 cm³/mol. The van der Waals surface area contributed by atoms with Crippen molar-refractivity contribution in [3.8, 4) is 6.07 Å². The van der Waals surface area contributed by atoms with Gasteiger partial charge in [0.25, 0.3) is 0 Å². The molecule has 2 rings (SSSR count). The highest BCUT2D eigenvalue weighted by atomic mass is 16.2. The molecule has 18 heavy (non-hydrogen) atoms. The van der Waals surface area contributed by atoms with E-state index in [4.69, 9.17) is 5.26 Å². The number of piperidine rings is 1. The van der Waals surface area contributed by atoms with Gasteiger partial charge in [-0.05, 0) is 44.7 Å². The molecule has 0 aromatic carbocycles. The number of hydrogen-bond donors (Lipinski definition) is 2. The SMILES string of the molecule is N#CCNC(=O)CN(CC1CCNCC1)C1CC1. The van der Waals surface area contributed by atoms with Crippen molar-refractivity contribution in [3.05, 3.63) is 0 Å². The summed E-state index contributed by atoms with van der Waals surface area (Å²) >= 11 is 0. The van der Waals surface area contributed by atoms with Gasteiger partial charge in [0.2, 0.25) is 5.91 Å². The van der Waals surface area contributed by atoms with Crippen molar-refractivity contribution >= 4 is 5.91 Å². The Kier molecular flexibility index (Phi) is 4.97. The number of nitriles is 1. The van der Waals surface area contributed by atoms with Crippen molar-refractivity contribution in [1.29, 1.82) is 5.26 Å². The van der Waals surface area contributed by atoms with Gasteiger partial charge in [0.1, 0.15) is 6.54 Å². The van der Waals surface area contributed by atoms with Gasteiger partial charge >= 0.3 is 0 Å². The molecule has 0 unspecified atom stereocenters. The number of nitrogens with zero attached hydrogens (tertiary/aromatic N) is 2. The first-order chi connectivity index (χ1) is 8.79. The Hall–Kier alpha value is -1.12. The fraction of sp³-hybridized carbons (Fsp3) is 0.846. The molecule has 2 fully saturated rings. The van der Waals surface area contributed by atoms with Crippen molar-refractivity contribution in [3.63, 3.8) is 0 Å². The van der Waals surface area contributed by atoms with E-state index < -0.39 is 0 Å². The molecule has 1 saturated carbocycles. The number of amides is 1. The summed E-state index contributed by atoms with van der Waals surface area (Å²) < 4.78 is 0. The lowest BCUT2D eigenvalue weighted by molar-refractivity contribution is -0.122. The lowest BCUT2D eigenvalue weighted by Crippen LogP contribution is -2.42. The van der Waals surface area contributed by atoms with Crippen LogP contribution < -0.4 is 10.6 Å². The summed E-state index contributed by atoms with van der Waals surface area (Å²) in [6, 6.07) is 2.54. The van der Waals surface area contributed by atoms with Crippen LogP contribution in [0.15, 0.2) is 0 Å². The van der Waals surface area contributed by atoms with E-state index in [2.05, 4.69) is 15.5 Å². The van der Waals surface area contributed by atoms with Crippen LogP contribution in [-0.2, 0) is 4.79 Å². The van der Waals surface area contributed by atoms with E-state index in [-0.39, 0.29) is 12.5 Å². The molecule has 1 saturated heterocycles. The van der Waals surface area contributed by atoms with Crippen LogP contribution in [0.5, 0.6) is 0 Å². The summed E-state index contributed by atoms with van der Waals surface area (Å²) in [5, 5.41) is 14.4. The fourth-order valence-electron chi connectivity index (χ4n) is 2.56. The lowest BCUT2D eigenvalue weighted by atomic mass is 9.97. The minimum atomic E-state index is -0.0163. The largest absolute Gasteiger partial charge is 0.342 e. The highest BCUT2D eigenvalue weighted by Gasteiger charge is 2.31. The molecule has 0 aromatic rings. The molecule has 5 heteroatoms. The molecule has 1 aliphatic carbocycles. The second kappa shape index (κ2) is 6.72. The highest BCUT2D eigenvalue weighted by molar-refractivity contribution is 5.78. The molecular formula is C13H22N4O. The van der Waals surface area contributed by atoms with E-state index in [9.17, 15) is 4.79 Å². The predicted octanol–water partition coefficient (Wildman–Crippen LogP) is 0.0902. The van der Waals surface area contributed by atoms with Crippen LogP contribution in [-0.4, -0.2) is 49.6 Å². The zero-order chi connectivity index (χ0) is 12.8. The van der Waals surface area contributed by atoms with E-state index in [0.29, 0.717) is 12.6 Å². The molecule has 2 N–H and O–H groups in total. The number of hydrogen-bond acceptors (Lipinski definition) is 4. The normalized spacial score (nSPS) is 20.7. The van der Waals surface area contributed by atoms with Gasteiger partial charge in [-0.3, -0.25) is 9.69 Å². The Morgan fingerprint density at radius 2 is 2.06 bits per heavy atom. The first kappa shape index (κ1) is 13.3. The molecule has 0 radical (unpaired) electrons. The fourth-order valence-corrected chi connectivity index (χ4v) is 2.56. The molecule has 0 spiro atoms. The summed E-state index contributed by atoms with van der Waals surface area (Å²) in [7, 11) is 0. The van der Waals surface area contributed by atoms with Gasteiger partial charge in [0.15, 0.2) is 0 Å². The van der Waals surface area contributed by atoms with Gasteiger partial charge in [-0.2, -0.15) is 5.26 Å². The number of carbonyl (C=O) groups excluding carboxylic acids is 1. The standard InChI is InChI=1S/C13H22N4O/c14-5-8-16-13(18)10-17(12-1-2-12)9-11-3-6-15-7-4-11/h11-12,15H,1-4,6-10H2,(H,16,18). The van der Waals surface area contributed by atoms with E-state index >= 15 is 0 Å². The summed E-state index contributed by atoms with van der Waals surface area (Å²) in [5.74, 6) is 0.702. The first-order valence-corrected chi connectivity index (χ1v) is 6.88. The quantitative estimate of drug-likeness (QED) is 0.656. The summed E-state index contributed by atoms with van der Waals surface area (Å²) in [6.07, 6.45) is 4.86. The summed E-state index contributed by atoms with van der Waals surface area (Å²) in [4.78, 5) is 14.0. The van der Waals surface area contributed by atoms with Gasteiger partial charge in [0.05, 0.1) is 12.6 Å². The van der Waals surface area contributed by atoms with Gasteiger partial charge in [-0.15, -0.1) is 0 Å². The third-order valence-corrected chi connectivity index (χ3v) is 3.73. The van der Waals surface area contributed by atoms with Crippen molar-refractivity contribution < 1.29 is 4.79 Å². The molecule has 1 aliphatic heterocycles. The second-order valence-corrected chi connectivity index (χ2v) is 5.29. The lowest BCUT2D eigenvalue weighted by Gasteiger charge is -2.29. The molecule has 0 aromatic heterocycles. The zero-order valence-electron chi connectivity index (χ0n) is 10.8. The molecule has 100 valence electrons. The molecule has 1 heterocycles. The molecule has 2 aliphatic rings. The topological polar surface area (TPSA) is 68.2 Å². The van der Waals surface area contributed by atoms with Crippen LogP contribution in [0.25, 0.3) is 0 Å². The minimum absolute atomic E-state index is 0.0163. The molecule has 0 atom stereocenters. The number of rotatable bonds is 6. The van der Waals surface area contributed by atoms with E-state index in [1.165, 1.54) is 25.7 Å². The maximum atomic E-state index is 11.7. The first-order valence-electron chi connectivity index (χ1n) is 6.88. The molecule has 5 nitrogen and oxygen atoms in total. The van der Waals surface area contributed by atoms with Crippen LogP contribution >= 0.6 is 0 Å². The highest BCUT2D eigenvalue weighted by Crippen LogP contribution is 2.28. The Labute approximate surface area is 109 Å². The van der Waals surface area contributed by atoms with Crippen LogP contribution in [0.4, 0.5) is 0 Å².